The molecule has 1 heterocycles. The van der Waals surface area contributed by atoms with E-state index < -0.39 is 0 Å². The normalized spacial score (nSPS) is 15.3. The molecule has 26 heavy (non-hydrogen) atoms. The van der Waals surface area contributed by atoms with Crippen molar-refractivity contribution >= 4 is 17.7 Å². The number of quaternary nitrogens is 1. The summed E-state index contributed by atoms with van der Waals surface area (Å²) in [4.78, 5) is 14.8. The van der Waals surface area contributed by atoms with Crippen molar-refractivity contribution in [3.63, 3.8) is 0 Å². The van der Waals surface area contributed by atoms with Crippen molar-refractivity contribution in [3.05, 3.63) is 65.9 Å². The van der Waals surface area contributed by atoms with E-state index in [1.54, 1.807) is 0 Å². The number of nitrogens with zero attached hydrogens (tertiary/aromatic N) is 2. The van der Waals surface area contributed by atoms with Crippen LogP contribution in [0.2, 0.25) is 0 Å². The maximum absolute atomic E-state index is 13.0. The molecule has 0 N–H and O–H groups in total. The molecule has 0 bridgehead atoms. The quantitative estimate of drug-likeness (QED) is 0.567. The van der Waals surface area contributed by atoms with Gasteiger partial charge in [0.25, 0.3) is 5.91 Å². The van der Waals surface area contributed by atoms with Gasteiger partial charge in [0, 0.05) is 13.0 Å². The molecule has 2 aromatic rings. The van der Waals surface area contributed by atoms with Crippen LogP contribution in [0.1, 0.15) is 12.0 Å². The fourth-order valence-electron chi connectivity index (χ4n) is 2.89. The lowest BCUT2D eigenvalue weighted by Gasteiger charge is -2.31. The fraction of sp³-hybridized carbons (Fsp3) is 0.286. The third-order valence-corrected chi connectivity index (χ3v) is 4.14. The molecule has 1 aliphatic rings. The summed E-state index contributed by atoms with van der Waals surface area (Å²) in [5.41, 5.74) is 1.80. The molecule has 0 aliphatic carbocycles. The Balaban J connectivity index is 0.00000243. The van der Waals surface area contributed by atoms with Crippen LogP contribution in [0, 0.1) is 0 Å². The highest BCUT2D eigenvalue weighted by Gasteiger charge is 2.30. The van der Waals surface area contributed by atoms with E-state index in [1.807, 2.05) is 65.6 Å². The number of rotatable bonds is 5. The summed E-state index contributed by atoms with van der Waals surface area (Å²) in [6, 6.07) is 17.5. The Morgan fingerprint density at radius 3 is 2.35 bits per heavy atom. The zero-order valence-electron chi connectivity index (χ0n) is 15.5. The van der Waals surface area contributed by atoms with Crippen LogP contribution in [0.25, 0.3) is 6.08 Å². The number of anilines is 1. The number of para-hydroxylation sites is 2. The van der Waals surface area contributed by atoms with E-state index in [-0.39, 0.29) is 18.3 Å². The SMILES string of the molecule is C[N+](C)(C)CCCN1C(=O)/C(=C/c2ccccc2)Oc2ccccc21.[Cl-]. The van der Waals surface area contributed by atoms with Crippen LogP contribution in [0.5, 0.6) is 5.75 Å². The van der Waals surface area contributed by atoms with Crippen molar-refractivity contribution in [3.8, 4) is 5.75 Å². The van der Waals surface area contributed by atoms with Crippen LogP contribution in [-0.2, 0) is 4.79 Å². The van der Waals surface area contributed by atoms with Gasteiger partial charge < -0.3 is 26.5 Å². The minimum atomic E-state index is -0.0797. The van der Waals surface area contributed by atoms with Crippen LogP contribution < -0.4 is 22.0 Å². The van der Waals surface area contributed by atoms with E-state index in [0.717, 1.165) is 34.4 Å². The Bertz CT molecular complexity index is 782. The number of amides is 1. The molecule has 0 saturated heterocycles. The third-order valence-electron chi connectivity index (χ3n) is 4.14. The summed E-state index contributed by atoms with van der Waals surface area (Å²) in [6.07, 6.45) is 2.74. The Kier molecular flexibility index (Phi) is 6.46. The monoisotopic (exact) mass is 372 g/mol. The molecule has 0 spiro atoms. The molecule has 0 saturated carbocycles. The van der Waals surface area contributed by atoms with E-state index in [4.69, 9.17) is 4.74 Å². The minimum absolute atomic E-state index is 0. The second-order valence-electron chi connectivity index (χ2n) is 7.31. The summed E-state index contributed by atoms with van der Waals surface area (Å²) in [5.74, 6) is 1.02. The second-order valence-corrected chi connectivity index (χ2v) is 7.31. The molecule has 0 radical (unpaired) electrons. The van der Waals surface area contributed by atoms with Gasteiger partial charge in [-0.15, -0.1) is 0 Å². The van der Waals surface area contributed by atoms with Crippen LogP contribution in [0.15, 0.2) is 60.4 Å². The van der Waals surface area contributed by atoms with Crippen molar-refractivity contribution < 1.29 is 26.4 Å². The predicted molar refractivity (Wildman–Crippen MR) is 101 cm³/mol. The van der Waals surface area contributed by atoms with Crippen LogP contribution in [0.3, 0.4) is 0 Å². The molecule has 1 aliphatic heterocycles. The number of hydrogen-bond acceptors (Lipinski definition) is 2. The lowest BCUT2D eigenvalue weighted by Crippen LogP contribution is -3.00. The van der Waals surface area contributed by atoms with Gasteiger partial charge in [-0.25, -0.2) is 0 Å². The van der Waals surface area contributed by atoms with Crippen molar-refractivity contribution in [1.82, 2.24) is 0 Å². The standard InChI is InChI=1S/C21H25N2O2.ClH/c1-23(2,3)15-9-14-22-18-12-7-8-13-19(18)25-20(21(22)24)16-17-10-5-4-6-11-17;/h4-8,10-13,16H,9,14-15H2,1-3H3;1H/q+1;/p-1/b20-16-;. The molecule has 1 amide bonds. The highest BCUT2D eigenvalue weighted by atomic mass is 35.5. The molecule has 4 nitrogen and oxygen atoms in total. The molecule has 0 aromatic heterocycles. The smallest absolute Gasteiger partial charge is 0.294 e. The zero-order chi connectivity index (χ0) is 17.9. The number of carbonyl (C=O) groups excluding carboxylic acids is 1. The average Bonchev–Trinajstić information content (AvgIpc) is 2.58. The van der Waals surface area contributed by atoms with Crippen molar-refractivity contribution in [2.24, 2.45) is 0 Å². The molecule has 2 aromatic carbocycles. The number of benzene rings is 2. The number of carbonyl (C=O) groups is 1. The fourth-order valence-corrected chi connectivity index (χ4v) is 2.89. The van der Waals surface area contributed by atoms with E-state index in [2.05, 4.69) is 21.1 Å². The van der Waals surface area contributed by atoms with Gasteiger partial charge in [-0.05, 0) is 23.8 Å². The van der Waals surface area contributed by atoms with E-state index in [0.29, 0.717) is 12.3 Å². The Morgan fingerprint density at radius 2 is 1.65 bits per heavy atom. The molecular weight excluding hydrogens is 348 g/mol. The average molecular weight is 373 g/mol. The summed E-state index contributed by atoms with van der Waals surface area (Å²) in [6.45, 7) is 1.69. The first-order valence-electron chi connectivity index (χ1n) is 8.60. The van der Waals surface area contributed by atoms with Gasteiger partial charge in [-0.1, -0.05) is 42.5 Å². The summed E-state index contributed by atoms with van der Waals surface area (Å²) < 4.78 is 6.77. The second kappa shape index (κ2) is 8.39. The molecule has 138 valence electrons. The maximum atomic E-state index is 13.0. The highest BCUT2D eigenvalue weighted by molar-refractivity contribution is 6.09. The van der Waals surface area contributed by atoms with Gasteiger partial charge in [0.2, 0.25) is 0 Å². The van der Waals surface area contributed by atoms with Gasteiger partial charge in [-0.2, -0.15) is 0 Å². The number of ether oxygens (including phenoxy) is 1. The molecular formula is C21H25ClN2O2. The number of halogens is 1. The van der Waals surface area contributed by atoms with Gasteiger partial charge in [0.1, 0.15) is 0 Å². The van der Waals surface area contributed by atoms with Crippen LogP contribution >= 0.6 is 0 Å². The number of fused-ring (bicyclic) bond motifs is 1. The highest BCUT2D eigenvalue weighted by Crippen LogP contribution is 2.35. The minimum Gasteiger partial charge on any atom is -1.00 e. The molecule has 5 heteroatoms. The van der Waals surface area contributed by atoms with Crippen molar-refractivity contribution in [1.29, 1.82) is 0 Å². The van der Waals surface area contributed by atoms with Crippen molar-refractivity contribution in [2.45, 2.75) is 6.42 Å². The Labute approximate surface area is 161 Å². The maximum Gasteiger partial charge on any atom is 0.294 e. The Morgan fingerprint density at radius 1 is 1.00 bits per heavy atom. The lowest BCUT2D eigenvalue weighted by molar-refractivity contribution is -0.870. The molecule has 3 rings (SSSR count). The van der Waals surface area contributed by atoms with E-state index in [9.17, 15) is 4.79 Å². The first-order valence-corrected chi connectivity index (χ1v) is 8.60. The Hall–Kier alpha value is -2.30. The van der Waals surface area contributed by atoms with E-state index in [1.165, 1.54) is 0 Å². The first kappa shape index (κ1) is 20.0. The van der Waals surface area contributed by atoms with E-state index >= 15 is 0 Å². The molecule has 0 fully saturated rings. The summed E-state index contributed by atoms with van der Waals surface area (Å²) >= 11 is 0. The van der Waals surface area contributed by atoms with Gasteiger partial charge in [0.15, 0.2) is 11.5 Å². The van der Waals surface area contributed by atoms with Gasteiger partial charge in [0.05, 0.1) is 33.4 Å². The van der Waals surface area contributed by atoms with Gasteiger partial charge in [-0.3, -0.25) is 4.79 Å². The predicted octanol–water partition coefficient (Wildman–Crippen LogP) is 0.553. The summed E-state index contributed by atoms with van der Waals surface area (Å²) in [5, 5.41) is 0. The molecule has 0 unspecified atom stereocenters. The van der Waals surface area contributed by atoms with Crippen molar-refractivity contribution in [2.75, 3.05) is 39.1 Å². The largest absolute Gasteiger partial charge is 1.00 e. The van der Waals surface area contributed by atoms with Crippen LogP contribution in [0.4, 0.5) is 5.69 Å². The third kappa shape index (κ3) is 4.87. The van der Waals surface area contributed by atoms with Crippen LogP contribution in [-0.4, -0.2) is 44.6 Å². The zero-order valence-corrected chi connectivity index (χ0v) is 16.2. The summed E-state index contributed by atoms with van der Waals surface area (Å²) in [7, 11) is 6.49. The number of hydrogen-bond donors (Lipinski definition) is 0. The molecule has 0 atom stereocenters. The topological polar surface area (TPSA) is 29.5 Å². The lowest BCUT2D eigenvalue weighted by atomic mass is 10.1. The van der Waals surface area contributed by atoms with Gasteiger partial charge >= 0.3 is 0 Å². The first-order chi connectivity index (χ1) is 11.9.